The smallest absolute Gasteiger partial charge is 0.251 e. The molecule has 1 saturated heterocycles. The van der Waals surface area contributed by atoms with Crippen molar-refractivity contribution in [1.29, 1.82) is 0 Å². The minimum absolute atomic E-state index is 0.0657. The van der Waals surface area contributed by atoms with E-state index in [4.69, 9.17) is 24.9 Å². The van der Waals surface area contributed by atoms with Crippen molar-refractivity contribution in [3.05, 3.63) is 22.9 Å². The maximum Gasteiger partial charge on any atom is 0.251 e. The molecular formula is C23H27BrN6O4S. The highest BCUT2D eigenvalue weighted by molar-refractivity contribution is 9.10. The summed E-state index contributed by atoms with van der Waals surface area (Å²) in [4.78, 5) is 28.9. The number of fused-ring (bicyclic) bond motifs is 2. The van der Waals surface area contributed by atoms with Gasteiger partial charge in [-0.25, -0.2) is 15.0 Å². The first kappa shape index (κ1) is 24.1. The second kappa shape index (κ2) is 10.2. The van der Waals surface area contributed by atoms with E-state index in [0.29, 0.717) is 34.1 Å². The van der Waals surface area contributed by atoms with Gasteiger partial charge in [-0.3, -0.25) is 4.79 Å². The number of halogens is 1. The molecule has 1 amide bonds. The van der Waals surface area contributed by atoms with Crippen LogP contribution >= 0.6 is 27.7 Å². The minimum Gasteiger partial charge on any atom is -0.454 e. The number of nitrogen functional groups attached to an aromatic ring is 1. The summed E-state index contributed by atoms with van der Waals surface area (Å²) in [5.41, 5.74) is 6.72. The van der Waals surface area contributed by atoms with Crippen LogP contribution in [0.4, 0.5) is 5.82 Å². The van der Waals surface area contributed by atoms with Gasteiger partial charge >= 0.3 is 0 Å². The Hall–Kier alpha value is -2.57. The van der Waals surface area contributed by atoms with Crippen LogP contribution in [0.3, 0.4) is 0 Å². The first-order valence-corrected chi connectivity index (χ1v) is 13.1. The van der Waals surface area contributed by atoms with Crippen LogP contribution in [-0.2, 0) is 16.1 Å². The SMILES string of the molecule is CO[C@@H](C)C(=O)N1CCC(CCn2cnc(N)c3nc(Sc4cc5c(cc4Br)OCO5)nc2-3)CC1. The summed E-state index contributed by atoms with van der Waals surface area (Å²) in [6.45, 7) is 4.30. The number of carbonyl (C=O) groups excluding carboxylic acids is 1. The van der Waals surface area contributed by atoms with E-state index in [1.807, 2.05) is 21.6 Å². The number of hydrogen-bond donors (Lipinski definition) is 1. The average molecular weight is 563 g/mol. The standard InChI is InChI=1S/C23H27BrN6O4S/c1-13(32-2)22(31)29-6-3-14(4-7-29)5-8-30-11-26-20(25)19-21(30)28-23(27-19)35-18-10-17-16(9-15(18)24)33-12-34-17/h9-11,13-14H,3-8,12,25H2,1-2H3/t13-/m0/s1. The molecule has 0 unspecified atom stereocenters. The van der Waals surface area contributed by atoms with Gasteiger partial charge in [-0.2, -0.15) is 0 Å². The number of imidazole rings is 1. The zero-order valence-corrected chi connectivity index (χ0v) is 22.0. The van der Waals surface area contributed by atoms with Crippen molar-refractivity contribution >= 4 is 39.4 Å². The fourth-order valence-electron chi connectivity index (χ4n) is 4.34. The first-order valence-electron chi connectivity index (χ1n) is 11.5. The summed E-state index contributed by atoms with van der Waals surface area (Å²) in [6, 6.07) is 3.80. The summed E-state index contributed by atoms with van der Waals surface area (Å²) < 4.78 is 19.0. The number of methoxy groups -OCH3 is 1. The number of ether oxygens (including phenoxy) is 3. The molecule has 4 aliphatic heterocycles. The van der Waals surface area contributed by atoms with Crippen LogP contribution < -0.4 is 15.2 Å². The molecule has 0 spiro atoms. The second-order valence-corrected chi connectivity index (χ2v) is 10.5. The van der Waals surface area contributed by atoms with Gasteiger partial charge in [0.15, 0.2) is 34.0 Å². The van der Waals surface area contributed by atoms with Gasteiger partial charge in [0, 0.05) is 36.1 Å². The number of carbonyl (C=O) groups is 1. The number of amides is 1. The predicted octanol–water partition coefficient (Wildman–Crippen LogP) is 3.67. The van der Waals surface area contributed by atoms with Crippen molar-refractivity contribution in [2.75, 3.05) is 32.7 Å². The third-order valence-electron chi connectivity index (χ3n) is 6.51. The second-order valence-electron chi connectivity index (χ2n) is 8.67. The predicted molar refractivity (Wildman–Crippen MR) is 134 cm³/mol. The Labute approximate surface area is 216 Å². The van der Waals surface area contributed by atoms with Crippen LogP contribution in [-0.4, -0.2) is 63.4 Å². The number of hydrogen-bond acceptors (Lipinski definition) is 9. The van der Waals surface area contributed by atoms with Gasteiger partial charge in [-0.15, -0.1) is 0 Å². The van der Waals surface area contributed by atoms with E-state index < -0.39 is 6.10 Å². The lowest BCUT2D eigenvalue weighted by Crippen LogP contribution is -2.43. The van der Waals surface area contributed by atoms with Gasteiger partial charge in [0.05, 0.1) is 6.33 Å². The lowest BCUT2D eigenvalue weighted by atomic mass is 9.93. The van der Waals surface area contributed by atoms with Crippen LogP contribution in [0.25, 0.3) is 11.5 Å². The lowest BCUT2D eigenvalue weighted by molar-refractivity contribution is -0.142. The van der Waals surface area contributed by atoms with Crippen molar-refractivity contribution in [1.82, 2.24) is 24.4 Å². The number of aryl methyl sites for hydroxylation is 1. The highest BCUT2D eigenvalue weighted by atomic mass is 79.9. The van der Waals surface area contributed by atoms with Crippen LogP contribution in [0.15, 0.2) is 33.0 Å². The molecule has 4 heterocycles. The number of nitrogens with two attached hydrogens (primary N) is 1. The topological polar surface area (TPSA) is 118 Å². The fraction of sp³-hybridized carbons (Fsp3) is 0.478. The average Bonchev–Trinajstić information content (AvgIpc) is 3.50. The molecule has 0 bridgehead atoms. The minimum atomic E-state index is -0.391. The van der Waals surface area contributed by atoms with Gasteiger partial charge in [-0.05, 0) is 71.9 Å². The third-order valence-corrected chi connectivity index (χ3v) is 8.35. The Morgan fingerprint density at radius 1 is 1.29 bits per heavy atom. The summed E-state index contributed by atoms with van der Waals surface area (Å²) in [5, 5.41) is 0.590. The van der Waals surface area contributed by atoms with E-state index in [2.05, 4.69) is 25.9 Å². The quantitative estimate of drug-likeness (QED) is 0.460. The highest BCUT2D eigenvalue weighted by Gasteiger charge is 2.27. The van der Waals surface area contributed by atoms with Crippen molar-refractivity contribution in [2.24, 2.45) is 5.92 Å². The third kappa shape index (κ3) is 5.05. The molecule has 0 aromatic heterocycles. The molecule has 5 rings (SSSR count). The van der Waals surface area contributed by atoms with E-state index in [0.717, 1.165) is 54.1 Å². The van der Waals surface area contributed by atoms with Crippen molar-refractivity contribution in [3.63, 3.8) is 0 Å². The first-order chi connectivity index (χ1) is 16.9. The van der Waals surface area contributed by atoms with E-state index >= 15 is 0 Å². The maximum atomic E-state index is 12.3. The van der Waals surface area contributed by atoms with E-state index in [1.165, 1.54) is 11.8 Å². The molecule has 0 radical (unpaired) electrons. The molecule has 1 fully saturated rings. The normalized spacial score (nSPS) is 16.7. The number of rotatable bonds is 7. The molecule has 10 nitrogen and oxygen atoms in total. The zero-order chi connectivity index (χ0) is 24.5. The Morgan fingerprint density at radius 3 is 2.77 bits per heavy atom. The number of likely N-dealkylation sites (tertiary alicyclic amines) is 1. The molecule has 1 atom stereocenters. The molecule has 35 heavy (non-hydrogen) atoms. The lowest BCUT2D eigenvalue weighted by Gasteiger charge is -2.33. The summed E-state index contributed by atoms with van der Waals surface area (Å²) in [6.07, 6.45) is 4.25. The number of benzene rings is 1. The summed E-state index contributed by atoms with van der Waals surface area (Å²) in [5.74, 6) is 3.09. The molecule has 1 aromatic carbocycles. The van der Waals surface area contributed by atoms with Crippen molar-refractivity contribution in [3.8, 4) is 23.0 Å². The van der Waals surface area contributed by atoms with E-state index in [9.17, 15) is 4.79 Å². The number of nitrogens with zero attached hydrogens (tertiary/aromatic N) is 5. The largest absolute Gasteiger partial charge is 0.454 e. The Balaban J connectivity index is 1.26. The molecule has 12 heteroatoms. The maximum absolute atomic E-state index is 12.3. The van der Waals surface area contributed by atoms with E-state index in [-0.39, 0.29) is 12.7 Å². The highest BCUT2D eigenvalue weighted by Crippen LogP contribution is 2.43. The molecule has 2 N–H and O–H groups in total. The number of anilines is 1. The van der Waals surface area contributed by atoms with Crippen molar-refractivity contribution < 1.29 is 19.0 Å². The van der Waals surface area contributed by atoms with Gasteiger partial charge in [-0.1, -0.05) is 0 Å². The summed E-state index contributed by atoms with van der Waals surface area (Å²) >= 11 is 5.02. The van der Waals surface area contributed by atoms with Crippen molar-refractivity contribution in [2.45, 2.75) is 48.9 Å². The zero-order valence-electron chi connectivity index (χ0n) is 19.6. The molecular weight excluding hydrogens is 536 g/mol. The number of piperidine rings is 1. The summed E-state index contributed by atoms with van der Waals surface area (Å²) in [7, 11) is 1.57. The molecule has 1 aromatic rings. The Bertz CT molecular complexity index is 1200. The molecule has 4 aliphatic rings. The Kier molecular flexibility index (Phi) is 7.03. The fourth-order valence-corrected chi connectivity index (χ4v) is 5.69. The molecule has 0 aliphatic carbocycles. The monoisotopic (exact) mass is 562 g/mol. The van der Waals surface area contributed by atoms with Gasteiger partial charge in [0.1, 0.15) is 6.10 Å². The number of aromatic nitrogens is 4. The van der Waals surface area contributed by atoms with Gasteiger partial charge in [0.25, 0.3) is 5.91 Å². The van der Waals surface area contributed by atoms with Gasteiger partial charge < -0.3 is 29.4 Å². The molecule has 0 saturated carbocycles. The van der Waals surface area contributed by atoms with Crippen LogP contribution in [0.2, 0.25) is 0 Å². The van der Waals surface area contributed by atoms with Gasteiger partial charge in [0.2, 0.25) is 6.79 Å². The van der Waals surface area contributed by atoms with E-state index in [1.54, 1.807) is 20.4 Å². The molecule has 186 valence electrons. The van der Waals surface area contributed by atoms with Crippen LogP contribution in [0.1, 0.15) is 26.2 Å². The van der Waals surface area contributed by atoms with Crippen LogP contribution in [0, 0.1) is 5.92 Å². The van der Waals surface area contributed by atoms with Crippen LogP contribution in [0.5, 0.6) is 11.5 Å². The Morgan fingerprint density at radius 2 is 2.03 bits per heavy atom.